The highest BCUT2D eigenvalue weighted by Crippen LogP contribution is 2.29. The molecule has 2 aliphatic rings. The minimum Gasteiger partial charge on any atom is -0.380 e. The van der Waals surface area contributed by atoms with E-state index in [0.29, 0.717) is 19.4 Å². The third-order valence-corrected chi connectivity index (χ3v) is 5.48. The second-order valence-corrected chi connectivity index (χ2v) is 6.89. The lowest BCUT2D eigenvalue weighted by molar-refractivity contribution is -0.139. The van der Waals surface area contributed by atoms with Gasteiger partial charge in [-0.15, -0.1) is 11.3 Å². The Kier molecular flexibility index (Phi) is 4.10. The molecule has 0 unspecified atom stereocenters. The van der Waals surface area contributed by atoms with Crippen molar-refractivity contribution in [3.05, 3.63) is 21.9 Å². The Morgan fingerprint density at radius 3 is 3.05 bits per heavy atom. The van der Waals surface area contributed by atoms with Crippen LogP contribution in [0.15, 0.2) is 11.4 Å². The number of aliphatic hydroxyl groups is 1. The van der Waals surface area contributed by atoms with Crippen LogP contribution in [-0.4, -0.2) is 41.1 Å². The van der Waals surface area contributed by atoms with Crippen LogP contribution in [0.3, 0.4) is 0 Å². The van der Waals surface area contributed by atoms with E-state index < -0.39 is 5.60 Å². The van der Waals surface area contributed by atoms with Crippen LogP contribution < -0.4 is 5.32 Å². The molecule has 1 aliphatic heterocycles. The van der Waals surface area contributed by atoms with Crippen molar-refractivity contribution in [2.45, 2.75) is 44.2 Å². The van der Waals surface area contributed by atoms with Gasteiger partial charge in [-0.25, -0.2) is 0 Å². The van der Waals surface area contributed by atoms with Crippen molar-refractivity contribution in [2.24, 2.45) is 0 Å². The Morgan fingerprint density at radius 1 is 1.45 bits per heavy atom. The van der Waals surface area contributed by atoms with Gasteiger partial charge >= 0.3 is 0 Å². The first kappa shape index (κ1) is 14.0. The summed E-state index contributed by atoms with van der Waals surface area (Å²) in [6, 6.07) is 2.20. The fourth-order valence-electron chi connectivity index (χ4n) is 3.18. The second kappa shape index (κ2) is 5.84. The smallest absolute Gasteiger partial charge is 0.252 e. The number of carbonyl (C=O) groups excluding carboxylic acids is 1. The van der Waals surface area contributed by atoms with Crippen molar-refractivity contribution in [3.63, 3.8) is 0 Å². The number of fused-ring (bicyclic) bond motifs is 1. The van der Waals surface area contributed by atoms with Gasteiger partial charge in [0.05, 0.1) is 0 Å². The number of carbonyl (C=O) groups is 1. The summed E-state index contributed by atoms with van der Waals surface area (Å²) in [7, 11) is 0. The van der Waals surface area contributed by atoms with Crippen molar-refractivity contribution in [3.8, 4) is 0 Å². The van der Waals surface area contributed by atoms with E-state index in [9.17, 15) is 9.90 Å². The summed E-state index contributed by atoms with van der Waals surface area (Å²) < 4.78 is 0. The molecule has 1 aromatic heterocycles. The maximum atomic E-state index is 12.0. The molecular formula is C15H22N2O2S. The minimum atomic E-state index is -1.09. The van der Waals surface area contributed by atoms with Gasteiger partial charge in [0, 0.05) is 31.1 Å². The first-order chi connectivity index (χ1) is 9.67. The van der Waals surface area contributed by atoms with Crippen LogP contribution in [0.5, 0.6) is 0 Å². The standard InChI is InChI=1S/C15H22N2O2S/c18-14(15(19)5-1-2-6-15)16-7-9-17-8-3-13-12(11-17)4-10-20-13/h4,10,19H,1-3,5-9,11H2,(H,16,18). The topological polar surface area (TPSA) is 52.6 Å². The Bertz CT molecular complexity index is 480. The monoisotopic (exact) mass is 294 g/mol. The van der Waals surface area contributed by atoms with Crippen LogP contribution in [0, 0.1) is 0 Å². The average molecular weight is 294 g/mol. The molecule has 0 bridgehead atoms. The minimum absolute atomic E-state index is 0.178. The van der Waals surface area contributed by atoms with Crippen LogP contribution in [0.4, 0.5) is 0 Å². The molecule has 2 N–H and O–H groups in total. The molecule has 0 aromatic carbocycles. The lowest BCUT2D eigenvalue weighted by Gasteiger charge is -2.27. The third kappa shape index (κ3) is 2.90. The summed E-state index contributed by atoms with van der Waals surface area (Å²) in [5.41, 5.74) is 0.338. The van der Waals surface area contributed by atoms with E-state index in [2.05, 4.69) is 21.7 Å². The van der Waals surface area contributed by atoms with Gasteiger partial charge in [0.2, 0.25) is 0 Å². The second-order valence-electron chi connectivity index (χ2n) is 5.89. The van der Waals surface area contributed by atoms with Crippen LogP contribution in [0.1, 0.15) is 36.1 Å². The van der Waals surface area contributed by atoms with Crippen molar-refractivity contribution in [2.75, 3.05) is 19.6 Å². The van der Waals surface area contributed by atoms with Crippen LogP contribution in [0.2, 0.25) is 0 Å². The highest BCUT2D eigenvalue weighted by Gasteiger charge is 2.38. The SMILES string of the molecule is O=C(NCCN1CCc2sccc2C1)C1(O)CCCC1. The predicted octanol–water partition coefficient (Wildman–Crippen LogP) is 1.53. The summed E-state index contributed by atoms with van der Waals surface area (Å²) in [5.74, 6) is -0.178. The molecule has 1 fully saturated rings. The number of thiophene rings is 1. The first-order valence-corrected chi connectivity index (χ1v) is 8.34. The molecule has 20 heavy (non-hydrogen) atoms. The zero-order valence-electron chi connectivity index (χ0n) is 11.7. The maximum absolute atomic E-state index is 12.0. The molecule has 0 radical (unpaired) electrons. The maximum Gasteiger partial charge on any atom is 0.252 e. The molecule has 0 saturated heterocycles. The summed E-state index contributed by atoms with van der Waals surface area (Å²) in [6.07, 6.45) is 4.25. The number of nitrogens with one attached hydrogen (secondary N) is 1. The highest BCUT2D eigenvalue weighted by molar-refractivity contribution is 7.10. The van der Waals surface area contributed by atoms with E-state index in [1.165, 1.54) is 10.4 Å². The first-order valence-electron chi connectivity index (χ1n) is 7.46. The van der Waals surface area contributed by atoms with E-state index in [1.807, 2.05) is 11.3 Å². The van der Waals surface area contributed by atoms with E-state index in [1.54, 1.807) is 0 Å². The molecule has 1 aromatic rings. The largest absolute Gasteiger partial charge is 0.380 e. The Labute approximate surface area is 123 Å². The highest BCUT2D eigenvalue weighted by atomic mass is 32.1. The van der Waals surface area contributed by atoms with Crippen molar-refractivity contribution in [1.29, 1.82) is 0 Å². The van der Waals surface area contributed by atoms with Crippen LogP contribution >= 0.6 is 11.3 Å². The normalized spacial score (nSPS) is 21.6. The molecule has 0 atom stereocenters. The number of hydrogen-bond donors (Lipinski definition) is 2. The van der Waals surface area contributed by atoms with E-state index in [4.69, 9.17) is 0 Å². The van der Waals surface area contributed by atoms with Crippen LogP contribution in [0.25, 0.3) is 0 Å². The fourth-order valence-corrected chi connectivity index (χ4v) is 4.07. The molecule has 0 spiro atoms. The van der Waals surface area contributed by atoms with Gasteiger partial charge in [-0.2, -0.15) is 0 Å². The fraction of sp³-hybridized carbons (Fsp3) is 0.667. The summed E-state index contributed by atoms with van der Waals surface area (Å²) in [4.78, 5) is 15.9. The van der Waals surface area contributed by atoms with Crippen molar-refractivity contribution < 1.29 is 9.90 Å². The Hall–Kier alpha value is -0.910. The number of rotatable bonds is 4. The molecule has 2 heterocycles. The molecule has 1 amide bonds. The van der Waals surface area contributed by atoms with Gasteiger partial charge in [0.25, 0.3) is 5.91 Å². The quantitative estimate of drug-likeness (QED) is 0.885. The van der Waals surface area contributed by atoms with Gasteiger partial charge in [-0.1, -0.05) is 0 Å². The zero-order valence-corrected chi connectivity index (χ0v) is 12.5. The van der Waals surface area contributed by atoms with E-state index in [-0.39, 0.29) is 5.91 Å². The molecule has 5 heteroatoms. The van der Waals surface area contributed by atoms with Crippen LogP contribution in [-0.2, 0) is 17.8 Å². The molecule has 4 nitrogen and oxygen atoms in total. The summed E-state index contributed by atoms with van der Waals surface area (Å²) >= 11 is 1.84. The molecule has 3 rings (SSSR count). The van der Waals surface area contributed by atoms with Gasteiger partial charge in [0.1, 0.15) is 5.60 Å². The molecular weight excluding hydrogens is 272 g/mol. The number of amides is 1. The molecule has 1 aliphatic carbocycles. The number of nitrogens with zero attached hydrogens (tertiary/aromatic N) is 1. The third-order valence-electron chi connectivity index (χ3n) is 4.45. The zero-order chi connectivity index (χ0) is 14.0. The van der Waals surface area contributed by atoms with Gasteiger partial charge in [-0.05, 0) is 49.1 Å². The lowest BCUT2D eigenvalue weighted by Crippen LogP contribution is -2.47. The number of hydrogen-bond acceptors (Lipinski definition) is 4. The molecule has 110 valence electrons. The van der Waals surface area contributed by atoms with Gasteiger partial charge in [0.15, 0.2) is 0 Å². The Balaban J connectivity index is 1.43. The van der Waals surface area contributed by atoms with Gasteiger partial charge < -0.3 is 10.4 Å². The van der Waals surface area contributed by atoms with Crippen molar-refractivity contribution >= 4 is 17.2 Å². The van der Waals surface area contributed by atoms with E-state index >= 15 is 0 Å². The van der Waals surface area contributed by atoms with Gasteiger partial charge in [-0.3, -0.25) is 9.69 Å². The summed E-state index contributed by atoms with van der Waals surface area (Å²) in [5, 5.41) is 15.2. The summed E-state index contributed by atoms with van der Waals surface area (Å²) in [6.45, 7) is 3.53. The lowest BCUT2D eigenvalue weighted by atomic mass is 10.0. The average Bonchev–Trinajstić information content (AvgIpc) is 3.07. The van der Waals surface area contributed by atoms with E-state index in [0.717, 1.165) is 38.9 Å². The van der Waals surface area contributed by atoms with Crippen molar-refractivity contribution in [1.82, 2.24) is 10.2 Å². The Morgan fingerprint density at radius 2 is 2.25 bits per heavy atom. The molecule has 1 saturated carbocycles. The predicted molar refractivity (Wildman–Crippen MR) is 79.7 cm³/mol.